The number of hydrogen-bond acceptors (Lipinski definition) is 3. The van der Waals surface area contributed by atoms with Gasteiger partial charge in [0, 0.05) is 19.1 Å². The summed E-state index contributed by atoms with van der Waals surface area (Å²) >= 11 is 0. The first-order valence-corrected chi connectivity index (χ1v) is 7.20. The number of benzene rings is 1. The molecule has 1 heterocycles. The van der Waals surface area contributed by atoms with Crippen LogP contribution in [0.2, 0.25) is 0 Å². The Labute approximate surface area is 116 Å². The summed E-state index contributed by atoms with van der Waals surface area (Å²) in [5.74, 6) is 0.630. The highest BCUT2D eigenvalue weighted by Crippen LogP contribution is 2.24. The number of aliphatic hydroxyl groups is 1. The molecule has 3 heteroatoms. The van der Waals surface area contributed by atoms with Crippen molar-refractivity contribution in [2.45, 2.75) is 31.9 Å². The van der Waals surface area contributed by atoms with Crippen molar-refractivity contribution in [1.29, 1.82) is 0 Å². The quantitative estimate of drug-likeness (QED) is 0.869. The Kier molecular flexibility index (Phi) is 4.61. The van der Waals surface area contributed by atoms with E-state index in [1.807, 2.05) is 44.3 Å². The van der Waals surface area contributed by atoms with Gasteiger partial charge in [-0.15, -0.1) is 0 Å². The second kappa shape index (κ2) is 6.04. The van der Waals surface area contributed by atoms with Crippen LogP contribution in [0.1, 0.15) is 25.8 Å². The van der Waals surface area contributed by atoms with E-state index in [2.05, 4.69) is 17.1 Å². The lowest BCUT2D eigenvalue weighted by Gasteiger charge is -2.40. The summed E-state index contributed by atoms with van der Waals surface area (Å²) in [4.78, 5) is 2.38. The van der Waals surface area contributed by atoms with E-state index in [0.29, 0.717) is 18.5 Å². The zero-order valence-corrected chi connectivity index (χ0v) is 12.3. The van der Waals surface area contributed by atoms with E-state index in [1.54, 1.807) is 0 Å². The fourth-order valence-electron chi connectivity index (χ4n) is 3.13. The van der Waals surface area contributed by atoms with E-state index in [1.165, 1.54) is 0 Å². The van der Waals surface area contributed by atoms with Gasteiger partial charge in [-0.05, 0) is 38.4 Å². The van der Waals surface area contributed by atoms with Gasteiger partial charge in [0.2, 0.25) is 0 Å². The van der Waals surface area contributed by atoms with Crippen LogP contribution < -0.4 is 5.32 Å². The Balaban J connectivity index is 1.98. The van der Waals surface area contributed by atoms with E-state index in [0.717, 1.165) is 25.1 Å². The highest BCUT2D eigenvalue weighted by atomic mass is 16.3. The molecule has 1 saturated heterocycles. The summed E-state index contributed by atoms with van der Waals surface area (Å²) in [6.07, 6.45) is 1.16. The molecule has 2 N–H and O–H groups in total. The second-order valence-electron chi connectivity index (χ2n) is 6.04. The summed E-state index contributed by atoms with van der Waals surface area (Å²) in [6, 6.07) is 10.6. The average molecular weight is 262 g/mol. The SMILES string of the molecule is CNC1CCN(CC(C)(O)c2ccccc2)CC1C. The Morgan fingerprint density at radius 1 is 1.37 bits per heavy atom. The molecule has 0 amide bonds. The van der Waals surface area contributed by atoms with Crippen molar-refractivity contribution < 1.29 is 5.11 Å². The maximum absolute atomic E-state index is 10.7. The van der Waals surface area contributed by atoms with E-state index >= 15 is 0 Å². The van der Waals surface area contributed by atoms with Crippen LogP contribution >= 0.6 is 0 Å². The fraction of sp³-hybridized carbons (Fsp3) is 0.625. The number of rotatable bonds is 4. The second-order valence-corrected chi connectivity index (χ2v) is 6.04. The molecule has 19 heavy (non-hydrogen) atoms. The zero-order chi connectivity index (χ0) is 13.9. The van der Waals surface area contributed by atoms with Gasteiger partial charge in [-0.2, -0.15) is 0 Å². The molecule has 3 nitrogen and oxygen atoms in total. The maximum Gasteiger partial charge on any atom is 0.0994 e. The molecule has 1 fully saturated rings. The largest absolute Gasteiger partial charge is 0.384 e. The predicted molar refractivity (Wildman–Crippen MR) is 79.1 cm³/mol. The molecular weight excluding hydrogens is 236 g/mol. The summed E-state index contributed by atoms with van der Waals surface area (Å²) in [7, 11) is 2.04. The molecule has 1 aromatic carbocycles. The molecule has 3 atom stereocenters. The highest BCUT2D eigenvalue weighted by Gasteiger charge is 2.31. The summed E-state index contributed by atoms with van der Waals surface area (Å²) in [6.45, 7) is 7.01. The van der Waals surface area contributed by atoms with Gasteiger partial charge in [-0.25, -0.2) is 0 Å². The van der Waals surface area contributed by atoms with E-state index in [4.69, 9.17) is 0 Å². The molecule has 0 aromatic heterocycles. The number of hydrogen-bond donors (Lipinski definition) is 2. The van der Waals surface area contributed by atoms with Crippen molar-refractivity contribution >= 4 is 0 Å². The van der Waals surface area contributed by atoms with Crippen molar-refractivity contribution in [1.82, 2.24) is 10.2 Å². The predicted octanol–water partition coefficient (Wildman–Crippen LogP) is 1.82. The molecular formula is C16H26N2O. The van der Waals surface area contributed by atoms with Gasteiger partial charge < -0.3 is 10.4 Å². The minimum atomic E-state index is -0.770. The van der Waals surface area contributed by atoms with Gasteiger partial charge in [0.15, 0.2) is 0 Å². The molecule has 0 aliphatic carbocycles. The van der Waals surface area contributed by atoms with Crippen LogP contribution in [0.5, 0.6) is 0 Å². The average Bonchev–Trinajstić information content (AvgIpc) is 2.39. The lowest BCUT2D eigenvalue weighted by atomic mass is 9.90. The first-order chi connectivity index (χ1) is 9.03. The van der Waals surface area contributed by atoms with E-state index in [9.17, 15) is 5.11 Å². The molecule has 1 aliphatic rings. The third-order valence-electron chi connectivity index (χ3n) is 4.29. The van der Waals surface area contributed by atoms with Crippen molar-refractivity contribution in [3.8, 4) is 0 Å². The van der Waals surface area contributed by atoms with Crippen LogP contribution in [0, 0.1) is 5.92 Å². The monoisotopic (exact) mass is 262 g/mol. The Morgan fingerprint density at radius 3 is 2.63 bits per heavy atom. The van der Waals surface area contributed by atoms with Gasteiger partial charge in [0.1, 0.15) is 0 Å². The van der Waals surface area contributed by atoms with Crippen molar-refractivity contribution in [3.63, 3.8) is 0 Å². The van der Waals surface area contributed by atoms with Gasteiger partial charge >= 0.3 is 0 Å². The number of likely N-dealkylation sites (tertiary alicyclic amines) is 1. The molecule has 106 valence electrons. The fourth-order valence-corrected chi connectivity index (χ4v) is 3.13. The minimum Gasteiger partial charge on any atom is -0.384 e. The van der Waals surface area contributed by atoms with Crippen LogP contribution in [0.4, 0.5) is 0 Å². The van der Waals surface area contributed by atoms with E-state index in [-0.39, 0.29) is 0 Å². The summed E-state index contributed by atoms with van der Waals surface area (Å²) in [5.41, 5.74) is 0.228. The standard InChI is InChI=1S/C16H26N2O/c1-13-11-18(10-9-15(13)17-3)12-16(2,19)14-7-5-4-6-8-14/h4-8,13,15,17,19H,9-12H2,1-3H3. The van der Waals surface area contributed by atoms with Crippen LogP contribution in [0.15, 0.2) is 30.3 Å². The molecule has 1 aromatic rings. The summed E-state index contributed by atoms with van der Waals surface area (Å²) in [5, 5.41) is 14.1. The topological polar surface area (TPSA) is 35.5 Å². The third-order valence-corrected chi connectivity index (χ3v) is 4.29. The number of β-amino-alcohol motifs (C(OH)–C–C–N with tert-alkyl or cyclic N) is 1. The van der Waals surface area contributed by atoms with Gasteiger partial charge in [0.05, 0.1) is 5.60 Å². The van der Waals surface area contributed by atoms with Crippen LogP contribution in [-0.2, 0) is 5.60 Å². The molecule has 3 unspecified atom stereocenters. The Bertz CT molecular complexity index is 391. The molecule has 0 spiro atoms. The first-order valence-electron chi connectivity index (χ1n) is 7.20. The highest BCUT2D eigenvalue weighted by molar-refractivity contribution is 5.21. The molecule has 0 radical (unpaired) electrons. The van der Waals surface area contributed by atoms with Gasteiger partial charge in [-0.1, -0.05) is 37.3 Å². The maximum atomic E-state index is 10.7. The first kappa shape index (κ1) is 14.5. The van der Waals surface area contributed by atoms with Gasteiger partial charge in [-0.3, -0.25) is 4.90 Å². The Morgan fingerprint density at radius 2 is 2.05 bits per heavy atom. The molecule has 2 rings (SSSR count). The molecule has 0 saturated carbocycles. The normalized spacial score (nSPS) is 28.0. The smallest absolute Gasteiger partial charge is 0.0994 e. The number of nitrogens with zero attached hydrogens (tertiary/aromatic N) is 1. The minimum absolute atomic E-state index is 0.609. The van der Waals surface area contributed by atoms with Crippen molar-refractivity contribution in [2.24, 2.45) is 5.92 Å². The lowest BCUT2D eigenvalue weighted by molar-refractivity contribution is 0.000424. The summed E-state index contributed by atoms with van der Waals surface area (Å²) < 4.78 is 0. The Hall–Kier alpha value is -0.900. The lowest BCUT2D eigenvalue weighted by Crippen LogP contribution is -2.50. The van der Waals surface area contributed by atoms with Crippen LogP contribution in [0.25, 0.3) is 0 Å². The third kappa shape index (κ3) is 3.56. The van der Waals surface area contributed by atoms with E-state index < -0.39 is 5.60 Å². The van der Waals surface area contributed by atoms with Gasteiger partial charge in [0.25, 0.3) is 0 Å². The molecule has 0 bridgehead atoms. The number of nitrogens with one attached hydrogen (secondary N) is 1. The van der Waals surface area contributed by atoms with Crippen molar-refractivity contribution in [3.05, 3.63) is 35.9 Å². The van der Waals surface area contributed by atoms with Crippen LogP contribution in [-0.4, -0.2) is 42.7 Å². The molecule has 1 aliphatic heterocycles. The zero-order valence-electron chi connectivity index (χ0n) is 12.3. The van der Waals surface area contributed by atoms with Crippen LogP contribution in [0.3, 0.4) is 0 Å². The number of piperidine rings is 1. The van der Waals surface area contributed by atoms with Crippen molar-refractivity contribution in [2.75, 3.05) is 26.7 Å².